The van der Waals surface area contributed by atoms with Crippen LogP contribution in [-0.2, 0) is 21.4 Å². The molecule has 0 unspecified atom stereocenters. The number of rotatable bonds is 6. The summed E-state index contributed by atoms with van der Waals surface area (Å²) in [5.41, 5.74) is -0.134. The molecule has 0 fully saturated rings. The second-order valence-electron chi connectivity index (χ2n) is 6.01. The number of ether oxygens (including phenoxy) is 1. The Bertz CT molecular complexity index is 1200. The van der Waals surface area contributed by atoms with Crippen LogP contribution in [0.3, 0.4) is 0 Å². The normalized spacial score (nSPS) is 11.7. The quantitative estimate of drug-likeness (QED) is 0.642. The van der Waals surface area contributed by atoms with E-state index in [1.807, 2.05) is 0 Å². The molecule has 0 saturated carbocycles. The molecule has 1 aromatic carbocycles. The smallest absolute Gasteiger partial charge is 0.262 e. The van der Waals surface area contributed by atoms with Crippen LogP contribution in [-0.4, -0.2) is 49.4 Å². The van der Waals surface area contributed by atoms with E-state index in [1.165, 1.54) is 61.6 Å². The first-order valence-corrected chi connectivity index (χ1v) is 10.4. The largest absolute Gasteiger partial charge is 0.495 e. The lowest BCUT2D eigenvalue weighted by Gasteiger charge is -2.15. The number of amides is 1. The van der Waals surface area contributed by atoms with Crippen LogP contribution in [0.15, 0.2) is 45.7 Å². The Hall–Kier alpha value is -2.76. The summed E-state index contributed by atoms with van der Waals surface area (Å²) < 4.78 is 32.1. The molecule has 0 radical (unpaired) electrons. The number of hydrogen-bond donors (Lipinski definition) is 1. The number of nitrogens with zero attached hydrogens (tertiary/aromatic N) is 3. The Kier molecular flexibility index (Phi) is 5.49. The molecule has 3 aromatic rings. The number of anilines is 1. The average molecular weight is 422 g/mol. The number of carbonyl (C=O) groups excluding carboxylic acids is 1. The molecule has 0 spiro atoms. The molecule has 0 bridgehead atoms. The maximum Gasteiger partial charge on any atom is 0.262 e. The molecule has 11 heteroatoms. The molecule has 2 heterocycles. The predicted molar refractivity (Wildman–Crippen MR) is 106 cm³/mol. The number of fused-ring (bicyclic) bond motifs is 1. The molecule has 0 saturated heterocycles. The Morgan fingerprint density at radius 3 is 2.75 bits per heavy atom. The van der Waals surface area contributed by atoms with Crippen LogP contribution in [0.5, 0.6) is 5.75 Å². The summed E-state index contributed by atoms with van der Waals surface area (Å²) in [6, 6.07) is 5.82. The molecule has 0 aliphatic heterocycles. The molecule has 9 nitrogen and oxygen atoms in total. The third-order valence-electron chi connectivity index (χ3n) is 3.99. The fraction of sp³-hybridized carbons (Fsp3) is 0.235. The van der Waals surface area contributed by atoms with Gasteiger partial charge in [-0.1, -0.05) is 0 Å². The van der Waals surface area contributed by atoms with E-state index < -0.39 is 15.9 Å². The highest BCUT2D eigenvalue weighted by Crippen LogP contribution is 2.28. The van der Waals surface area contributed by atoms with Crippen LogP contribution in [0.25, 0.3) is 10.2 Å². The predicted octanol–water partition coefficient (Wildman–Crippen LogP) is 1.36. The summed E-state index contributed by atoms with van der Waals surface area (Å²) in [7, 11) is 0.555. The Balaban J connectivity index is 1.88. The summed E-state index contributed by atoms with van der Waals surface area (Å²) in [6.07, 6.45) is 1.31. The third-order valence-corrected chi connectivity index (χ3v) is 6.62. The number of sulfonamides is 1. The molecule has 148 valence electrons. The number of benzene rings is 1. The van der Waals surface area contributed by atoms with Gasteiger partial charge >= 0.3 is 0 Å². The van der Waals surface area contributed by atoms with Crippen LogP contribution >= 0.6 is 11.3 Å². The van der Waals surface area contributed by atoms with Gasteiger partial charge in [0.1, 0.15) is 17.1 Å². The molecule has 2 aromatic heterocycles. The molecule has 0 atom stereocenters. The molecular weight excluding hydrogens is 404 g/mol. The van der Waals surface area contributed by atoms with Gasteiger partial charge in [0.05, 0.1) is 29.4 Å². The third kappa shape index (κ3) is 3.77. The fourth-order valence-corrected chi connectivity index (χ4v) is 4.16. The van der Waals surface area contributed by atoms with E-state index in [9.17, 15) is 18.0 Å². The van der Waals surface area contributed by atoms with E-state index in [1.54, 1.807) is 11.4 Å². The van der Waals surface area contributed by atoms with Gasteiger partial charge in [-0.2, -0.15) is 0 Å². The van der Waals surface area contributed by atoms with Crippen LogP contribution in [0.2, 0.25) is 0 Å². The minimum absolute atomic E-state index is 0.00660. The number of nitrogens with one attached hydrogen (secondary N) is 1. The van der Waals surface area contributed by atoms with Crippen LogP contribution in [0, 0.1) is 0 Å². The van der Waals surface area contributed by atoms with Gasteiger partial charge in [-0.25, -0.2) is 17.7 Å². The molecular formula is C17H18N4O5S2. The van der Waals surface area contributed by atoms with Gasteiger partial charge in [-0.05, 0) is 29.6 Å². The van der Waals surface area contributed by atoms with Crippen molar-refractivity contribution in [1.29, 1.82) is 0 Å². The highest BCUT2D eigenvalue weighted by molar-refractivity contribution is 7.89. The Labute approximate surface area is 165 Å². The Morgan fingerprint density at radius 2 is 2.07 bits per heavy atom. The molecule has 3 rings (SSSR count). The van der Waals surface area contributed by atoms with Crippen LogP contribution in [0.4, 0.5) is 5.69 Å². The minimum atomic E-state index is -3.68. The second kappa shape index (κ2) is 7.70. The highest BCUT2D eigenvalue weighted by Gasteiger charge is 2.20. The molecule has 0 aliphatic carbocycles. The van der Waals surface area contributed by atoms with Crippen molar-refractivity contribution in [1.82, 2.24) is 13.9 Å². The average Bonchev–Trinajstić information content (AvgIpc) is 3.13. The fourth-order valence-electron chi connectivity index (χ4n) is 2.51. The number of aromatic nitrogens is 2. The summed E-state index contributed by atoms with van der Waals surface area (Å²) in [5.74, 6) is -0.221. The van der Waals surface area contributed by atoms with E-state index in [0.717, 1.165) is 4.31 Å². The Morgan fingerprint density at radius 1 is 1.32 bits per heavy atom. The molecule has 1 amide bonds. The lowest BCUT2D eigenvalue weighted by molar-refractivity contribution is -0.116. The molecule has 0 aliphatic rings. The van der Waals surface area contributed by atoms with E-state index >= 15 is 0 Å². The lowest BCUT2D eigenvalue weighted by Crippen LogP contribution is -2.28. The van der Waals surface area contributed by atoms with E-state index in [2.05, 4.69) is 10.3 Å². The van der Waals surface area contributed by atoms with Gasteiger partial charge in [0, 0.05) is 14.1 Å². The number of thiophene rings is 1. The van der Waals surface area contributed by atoms with E-state index in [-0.39, 0.29) is 22.7 Å². The van der Waals surface area contributed by atoms with Gasteiger partial charge in [0.2, 0.25) is 15.9 Å². The summed E-state index contributed by atoms with van der Waals surface area (Å²) >= 11 is 1.34. The maximum atomic E-state index is 12.5. The van der Waals surface area contributed by atoms with Gasteiger partial charge in [-0.15, -0.1) is 11.3 Å². The minimum Gasteiger partial charge on any atom is -0.495 e. The maximum absolute atomic E-state index is 12.5. The molecule has 28 heavy (non-hydrogen) atoms. The zero-order valence-corrected chi connectivity index (χ0v) is 17.0. The summed E-state index contributed by atoms with van der Waals surface area (Å²) in [6.45, 7) is -0.272. The molecule has 1 N–H and O–H groups in total. The monoisotopic (exact) mass is 422 g/mol. The second-order valence-corrected chi connectivity index (χ2v) is 9.06. The van der Waals surface area contributed by atoms with Crippen molar-refractivity contribution >= 4 is 43.2 Å². The highest BCUT2D eigenvalue weighted by atomic mass is 32.2. The van der Waals surface area contributed by atoms with E-state index in [4.69, 9.17) is 4.74 Å². The standard InChI is InChI=1S/C17H18N4O5S2/c1-20(2)28(24,25)11-4-5-14(26-3)13(8-11)19-15(22)9-21-10-18-16-12(17(21)23)6-7-27-16/h4-8,10H,9H2,1-3H3,(H,19,22). The van der Waals surface area contributed by atoms with Crippen LogP contribution in [0.1, 0.15) is 0 Å². The summed E-state index contributed by atoms with van der Waals surface area (Å²) in [4.78, 5) is 29.6. The number of carbonyl (C=O) groups is 1. The first kappa shape index (κ1) is 20.0. The van der Waals surface area contributed by atoms with Crippen molar-refractivity contribution in [2.75, 3.05) is 26.5 Å². The van der Waals surface area contributed by atoms with Gasteiger partial charge in [0.25, 0.3) is 5.56 Å². The zero-order chi connectivity index (χ0) is 20.5. The zero-order valence-electron chi connectivity index (χ0n) is 15.4. The van der Waals surface area contributed by atoms with Crippen molar-refractivity contribution in [3.63, 3.8) is 0 Å². The van der Waals surface area contributed by atoms with Crippen molar-refractivity contribution in [2.45, 2.75) is 11.4 Å². The van der Waals surface area contributed by atoms with Gasteiger partial charge in [-0.3, -0.25) is 14.2 Å². The van der Waals surface area contributed by atoms with E-state index in [0.29, 0.717) is 16.0 Å². The first-order valence-electron chi connectivity index (χ1n) is 8.07. The number of hydrogen-bond acceptors (Lipinski definition) is 7. The summed E-state index contributed by atoms with van der Waals surface area (Å²) in [5, 5.41) is 4.80. The SMILES string of the molecule is COc1ccc(S(=O)(=O)N(C)C)cc1NC(=O)Cn1cnc2sccc2c1=O. The van der Waals surface area contributed by atoms with Crippen molar-refractivity contribution in [2.24, 2.45) is 0 Å². The van der Waals surface area contributed by atoms with Gasteiger partial charge in [0.15, 0.2) is 0 Å². The lowest BCUT2D eigenvalue weighted by atomic mass is 10.3. The van der Waals surface area contributed by atoms with Gasteiger partial charge < -0.3 is 10.1 Å². The number of methoxy groups -OCH3 is 1. The van der Waals surface area contributed by atoms with Crippen LogP contribution < -0.4 is 15.6 Å². The topological polar surface area (TPSA) is 111 Å². The van der Waals surface area contributed by atoms with Crippen molar-refractivity contribution < 1.29 is 17.9 Å². The van der Waals surface area contributed by atoms with Crippen molar-refractivity contribution in [3.05, 3.63) is 46.3 Å². The van der Waals surface area contributed by atoms with Crippen molar-refractivity contribution in [3.8, 4) is 5.75 Å². The first-order chi connectivity index (χ1) is 13.2.